The van der Waals surface area contributed by atoms with Crippen LogP contribution in [0.25, 0.3) is 0 Å². The van der Waals surface area contributed by atoms with Crippen LogP contribution in [-0.4, -0.2) is 40.6 Å². The highest BCUT2D eigenvalue weighted by Gasteiger charge is 2.28. The zero-order chi connectivity index (χ0) is 10.7. The van der Waals surface area contributed by atoms with Gasteiger partial charge in [-0.15, -0.1) is 0 Å². The smallest absolute Gasteiger partial charge is 0.239 e. The number of nitrogens with one attached hydrogen (secondary N) is 1. The molecule has 0 spiro atoms. The van der Waals surface area contributed by atoms with Gasteiger partial charge in [0.15, 0.2) is 0 Å². The summed E-state index contributed by atoms with van der Waals surface area (Å²) in [5.74, 6) is 0.166. The largest absolute Gasteiger partial charge is 0.344 e. The Morgan fingerprint density at radius 1 is 1.67 bits per heavy atom. The number of rotatable bonds is 3. The average Bonchev–Trinajstić information content (AvgIpc) is 2.59. The van der Waals surface area contributed by atoms with Crippen LogP contribution in [0.5, 0.6) is 0 Å². The highest BCUT2D eigenvalue weighted by molar-refractivity contribution is 5.83. The van der Waals surface area contributed by atoms with Crippen molar-refractivity contribution in [3.05, 3.63) is 24.0 Å². The van der Waals surface area contributed by atoms with E-state index in [2.05, 4.69) is 15.5 Å². The van der Waals surface area contributed by atoms with Gasteiger partial charge in [-0.1, -0.05) is 0 Å². The van der Waals surface area contributed by atoms with Crippen LogP contribution in [0, 0.1) is 0 Å². The van der Waals surface area contributed by atoms with E-state index in [0.29, 0.717) is 6.54 Å². The molecule has 1 N–H and O–H groups in total. The van der Waals surface area contributed by atoms with Crippen molar-refractivity contribution in [3.8, 4) is 0 Å². The van der Waals surface area contributed by atoms with Gasteiger partial charge in [0, 0.05) is 26.3 Å². The van der Waals surface area contributed by atoms with Gasteiger partial charge in [-0.25, -0.2) is 0 Å². The summed E-state index contributed by atoms with van der Waals surface area (Å²) < 4.78 is 0. The Morgan fingerprint density at radius 3 is 3.13 bits per heavy atom. The quantitative estimate of drug-likeness (QED) is 0.744. The van der Waals surface area contributed by atoms with Crippen molar-refractivity contribution >= 4 is 5.91 Å². The molecule has 1 aromatic heterocycles. The van der Waals surface area contributed by atoms with Gasteiger partial charge >= 0.3 is 0 Å². The summed E-state index contributed by atoms with van der Waals surface area (Å²) in [4.78, 5) is 13.3. The second kappa shape index (κ2) is 4.35. The molecule has 2 heterocycles. The first kappa shape index (κ1) is 10.0. The molecule has 1 saturated heterocycles. The van der Waals surface area contributed by atoms with Crippen molar-refractivity contribution in [1.82, 2.24) is 20.4 Å². The summed E-state index contributed by atoms with van der Waals surface area (Å²) >= 11 is 0. The van der Waals surface area contributed by atoms with Gasteiger partial charge in [-0.2, -0.15) is 10.2 Å². The first-order chi connectivity index (χ1) is 7.27. The summed E-state index contributed by atoms with van der Waals surface area (Å²) in [6, 6.07) is 3.67. The number of likely N-dealkylation sites (N-methyl/N-ethyl adjacent to an activating group) is 1. The highest BCUT2D eigenvalue weighted by atomic mass is 16.2. The summed E-state index contributed by atoms with van der Waals surface area (Å²) in [5, 5.41) is 10.9. The average molecular weight is 206 g/mol. The second-order valence-corrected chi connectivity index (χ2v) is 3.70. The van der Waals surface area contributed by atoms with Gasteiger partial charge in [0.2, 0.25) is 5.91 Å². The van der Waals surface area contributed by atoms with E-state index in [1.165, 1.54) is 0 Å². The second-order valence-electron chi connectivity index (χ2n) is 3.70. The standard InChI is InChI=1S/C10H14N4O/c1-14-6-4-9(10(14)15)11-7-8-3-2-5-12-13-8/h2-3,5,9,11H,4,6-7H2,1H3. The summed E-state index contributed by atoms with van der Waals surface area (Å²) in [6.07, 6.45) is 2.51. The van der Waals surface area contributed by atoms with Crippen LogP contribution in [0.1, 0.15) is 12.1 Å². The molecule has 80 valence electrons. The number of aromatic nitrogens is 2. The van der Waals surface area contributed by atoms with Gasteiger partial charge < -0.3 is 10.2 Å². The molecule has 1 unspecified atom stereocenters. The third-order valence-corrected chi connectivity index (χ3v) is 2.58. The third-order valence-electron chi connectivity index (χ3n) is 2.58. The molecule has 1 atom stereocenters. The Bertz CT molecular complexity index is 341. The highest BCUT2D eigenvalue weighted by Crippen LogP contribution is 2.08. The molecule has 5 heteroatoms. The summed E-state index contributed by atoms with van der Waals surface area (Å²) in [5.41, 5.74) is 0.861. The number of hydrogen-bond acceptors (Lipinski definition) is 4. The van der Waals surface area contributed by atoms with Gasteiger partial charge in [0.25, 0.3) is 0 Å². The van der Waals surface area contributed by atoms with E-state index in [4.69, 9.17) is 0 Å². The molecular formula is C10H14N4O. The first-order valence-corrected chi connectivity index (χ1v) is 5.02. The van der Waals surface area contributed by atoms with Crippen molar-refractivity contribution in [2.45, 2.75) is 19.0 Å². The van der Waals surface area contributed by atoms with Crippen LogP contribution in [-0.2, 0) is 11.3 Å². The monoisotopic (exact) mass is 206 g/mol. The van der Waals surface area contributed by atoms with Crippen molar-refractivity contribution < 1.29 is 4.79 Å². The molecule has 2 rings (SSSR count). The molecule has 0 saturated carbocycles. The predicted molar refractivity (Wildman–Crippen MR) is 54.9 cm³/mol. The molecule has 0 radical (unpaired) electrons. The van der Waals surface area contributed by atoms with Gasteiger partial charge in [-0.05, 0) is 18.6 Å². The Balaban J connectivity index is 1.87. The molecule has 5 nitrogen and oxygen atoms in total. The van der Waals surface area contributed by atoms with E-state index < -0.39 is 0 Å². The van der Waals surface area contributed by atoms with Gasteiger partial charge in [-0.3, -0.25) is 4.79 Å². The Hall–Kier alpha value is -1.49. The Kier molecular flexibility index (Phi) is 2.91. The lowest BCUT2D eigenvalue weighted by Gasteiger charge is -2.11. The fourth-order valence-corrected chi connectivity index (χ4v) is 1.67. The van der Waals surface area contributed by atoms with Crippen molar-refractivity contribution in [2.75, 3.05) is 13.6 Å². The molecule has 1 amide bonds. The molecule has 15 heavy (non-hydrogen) atoms. The Morgan fingerprint density at radius 2 is 2.53 bits per heavy atom. The lowest BCUT2D eigenvalue weighted by Crippen LogP contribution is -2.36. The molecule has 0 bridgehead atoms. The minimum absolute atomic E-state index is 0.0583. The van der Waals surface area contributed by atoms with Crippen LogP contribution in [0.3, 0.4) is 0 Å². The minimum Gasteiger partial charge on any atom is -0.344 e. The maximum atomic E-state index is 11.6. The maximum Gasteiger partial charge on any atom is 0.239 e. The van der Waals surface area contributed by atoms with E-state index in [9.17, 15) is 4.79 Å². The van der Waals surface area contributed by atoms with E-state index in [1.807, 2.05) is 19.2 Å². The zero-order valence-corrected chi connectivity index (χ0v) is 8.68. The number of nitrogens with zero attached hydrogens (tertiary/aromatic N) is 3. The zero-order valence-electron chi connectivity index (χ0n) is 8.68. The molecule has 1 aliphatic rings. The van der Waals surface area contributed by atoms with Gasteiger partial charge in [0.1, 0.15) is 0 Å². The topological polar surface area (TPSA) is 58.1 Å². The van der Waals surface area contributed by atoms with Crippen LogP contribution < -0.4 is 5.32 Å². The van der Waals surface area contributed by atoms with E-state index >= 15 is 0 Å². The van der Waals surface area contributed by atoms with E-state index in [-0.39, 0.29) is 11.9 Å². The number of likely N-dealkylation sites (tertiary alicyclic amines) is 1. The van der Waals surface area contributed by atoms with E-state index in [1.54, 1.807) is 11.1 Å². The fourth-order valence-electron chi connectivity index (χ4n) is 1.67. The lowest BCUT2D eigenvalue weighted by molar-refractivity contribution is -0.128. The minimum atomic E-state index is -0.0583. The fraction of sp³-hybridized carbons (Fsp3) is 0.500. The molecule has 0 aliphatic carbocycles. The van der Waals surface area contributed by atoms with E-state index in [0.717, 1.165) is 18.7 Å². The molecule has 0 aromatic carbocycles. The van der Waals surface area contributed by atoms with Crippen LogP contribution >= 0.6 is 0 Å². The molecule has 1 aliphatic heterocycles. The molecule has 1 fully saturated rings. The van der Waals surface area contributed by atoms with Crippen molar-refractivity contribution in [1.29, 1.82) is 0 Å². The maximum absolute atomic E-state index is 11.6. The SMILES string of the molecule is CN1CCC(NCc2cccnn2)C1=O. The lowest BCUT2D eigenvalue weighted by atomic mass is 10.2. The normalized spacial score (nSPS) is 21.0. The predicted octanol–water partition coefficient (Wildman–Crippen LogP) is -0.203. The van der Waals surface area contributed by atoms with Crippen LogP contribution in [0.2, 0.25) is 0 Å². The Labute approximate surface area is 88.5 Å². The van der Waals surface area contributed by atoms with Gasteiger partial charge in [0.05, 0.1) is 11.7 Å². The van der Waals surface area contributed by atoms with Crippen LogP contribution in [0.15, 0.2) is 18.3 Å². The van der Waals surface area contributed by atoms with Crippen LogP contribution in [0.4, 0.5) is 0 Å². The van der Waals surface area contributed by atoms with Crippen molar-refractivity contribution in [3.63, 3.8) is 0 Å². The number of carbonyl (C=O) groups is 1. The summed E-state index contributed by atoms with van der Waals surface area (Å²) in [6.45, 7) is 1.43. The van der Waals surface area contributed by atoms with Crippen molar-refractivity contribution in [2.24, 2.45) is 0 Å². The third kappa shape index (κ3) is 2.30. The first-order valence-electron chi connectivity index (χ1n) is 5.02. The summed E-state index contributed by atoms with van der Waals surface area (Å²) in [7, 11) is 1.83. The number of amides is 1. The molecule has 1 aromatic rings. The number of carbonyl (C=O) groups excluding carboxylic acids is 1. The molecular weight excluding hydrogens is 192 g/mol. The number of hydrogen-bond donors (Lipinski definition) is 1.